The fraction of sp³-hybridized carbons (Fsp3) is 0.250. The van der Waals surface area contributed by atoms with Gasteiger partial charge in [-0.1, -0.05) is 28.1 Å². The van der Waals surface area contributed by atoms with E-state index in [1.807, 2.05) is 0 Å². The lowest BCUT2D eigenvalue weighted by Gasteiger charge is -2.10. The van der Waals surface area contributed by atoms with Crippen molar-refractivity contribution in [1.29, 1.82) is 0 Å². The Kier molecular flexibility index (Phi) is 7.72. The zero-order valence-electron chi connectivity index (χ0n) is 14.3. The molecule has 158 valence electrons. The monoisotopic (exact) mass is 488 g/mol. The van der Waals surface area contributed by atoms with Gasteiger partial charge in [-0.15, -0.1) is 0 Å². The molecule has 0 atom stereocenters. The van der Waals surface area contributed by atoms with E-state index in [4.69, 9.17) is 0 Å². The fourth-order valence-electron chi connectivity index (χ4n) is 2.09. The van der Waals surface area contributed by atoms with Crippen LogP contribution in [0.15, 0.2) is 36.4 Å². The van der Waals surface area contributed by atoms with Crippen molar-refractivity contribution in [3.05, 3.63) is 78.9 Å². The highest BCUT2D eigenvalue weighted by molar-refractivity contribution is 9.08. The molecule has 2 rings (SSSR count). The number of non-ortho nitro benzene ring substituents is 2. The minimum Gasteiger partial charge on any atom is -0.258 e. The maximum atomic E-state index is 12.4. The van der Waals surface area contributed by atoms with E-state index in [2.05, 4.69) is 15.9 Å². The number of benzene rings is 2. The number of hydrogen-bond donors (Lipinski definition) is 0. The summed E-state index contributed by atoms with van der Waals surface area (Å²) in [5.41, 5.74) is -3.11. The molecule has 0 aliphatic heterocycles. The molecule has 0 heterocycles. The van der Waals surface area contributed by atoms with Crippen LogP contribution in [0.3, 0.4) is 0 Å². The summed E-state index contributed by atoms with van der Waals surface area (Å²) in [5.74, 6) is 0. The van der Waals surface area contributed by atoms with Gasteiger partial charge < -0.3 is 0 Å². The van der Waals surface area contributed by atoms with Gasteiger partial charge in [-0.25, -0.2) is 0 Å². The minimum atomic E-state index is -4.57. The zero-order chi connectivity index (χ0) is 22.6. The first kappa shape index (κ1) is 24.3. The molecule has 0 unspecified atom stereocenters. The van der Waals surface area contributed by atoms with E-state index in [0.717, 1.165) is 24.3 Å². The molecule has 0 aliphatic carbocycles. The van der Waals surface area contributed by atoms with E-state index >= 15 is 0 Å². The van der Waals surface area contributed by atoms with Crippen molar-refractivity contribution in [2.24, 2.45) is 0 Å². The molecule has 6 nitrogen and oxygen atoms in total. The Morgan fingerprint density at radius 2 is 1.24 bits per heavy atom. The first-order valence-corrected chi connectivity index (χ1v) is 8.53. The van der Waals surface area contributed by atoms with E-state index in [0.29, 0.717) is 12.1 Å². The average molecular weight is 489 g/mol. The van der Waals surface area contributed by atoms with Crippen molar-refractivity contribution in [3.63, 3.8) is 0 Å². The smallest absolute Gasteiger partial charge is 0.258 e. The van der Waals surface area contributed by atoms with Gasteiger partial charge in [0.05, 0.1) is 21.0 Å². The molecule has 2 aromatic carbocycles. The number of nitro benzene ring substituents is 2. The number of hydrogen-bond acceptors (Lipinski definition) is 4. The Balaban J connectivity index is 0.000000291. The normalized spacial score (nSPS) is 11.4. The molecular formula is C16H11BrF6N2O4. The van der Waals surface area contributed by atoms with Gasteiger partial charge >= 0.3 is 12.4 Å². The van der Waals surface area contributed by atoms with Crippen molar-refractivity contribution in [1.82, 2.24) is 0 Å². The first-order valence-electron chi connectivity index (χ1n) is 7.41. The molecule has 29 heavy (non-hydrogen) atoms. The summed E-state index contributed by atoms with van der Waals surface area (Å²) < 4.78 is 74.1. The summed E-state index contributed by atoms with van der Waals surface area (Å²) in [5, 5.41) is 20.5. The van der Waals surface area contributed by atoms with Gasteiger partial charge in [0, 0.05) is 29.6 Å². The maximum absolute atomic E-state index is 12.4. The van der Waals surface area contributed by atoms with E-state index in [1.54, 1.807) is 0 Å². The highest BCUT2D eigenvalue weighted by Gasteiger charge is 2.35. The summed E-state index contributed by atoms with van der Waals surface area (Å²) >= 11 is 2.89. The summed E-state index contributed by atoms with van der Waals surface area (Å²) in [6.07, 6.45) is -9.12. The third kappa shape index (κ3) is 6.69. The highest BCUT2D eigenvalue weighted by Crippen LogP contribution is 2.35. The molecule has 0 bridgehead atoms. The maximum Gasteiger partial charge on any atom is 0.416 e. The van der Waals surface area contributed by atoms with Gasteiger partial charge in [-0.3, -0.25) is 20.2 Å². The first-order chi connectivity index (χ1) is 13.2. The molecule has 0 aliphatic rings. The summed E-state index contributed by atoms with van der Waals surface area (Å²) in [4.78, 5) is 18.8. The fourth-order valence-corrected chi connectivity index (χ4v) is 2.58. The van der Waals surface area contributed by atoms with E-state index in [9.17, 15) is 46.6 Å². The second-order valence-corrected chi connectivity index (χ2v) is 6.04. The third-order valence-electron chi connectivity index (χ3n) is 3.49. The highest BCUT2D eigenvalue weighted by atomic mass is 79.9. The Labute approximate surface area is 167 Å². The lowest BCUT2D eigenvalue weighted by Crippen LogP contribution is -2.09. The second kappa shape index (κ2) is 9.20. The van der Waals surface area contributed by atoms with Crippen LogP contribution in [0.25, 0.3) is 0 Å². The molecule has 0 radical (unpaired) electrons. The van der Waals surface area contributed by atoms with Crippen LogP contribution in [0.5, 0.6) is 0 Å². The van der Waals surface area contributed by atoms with Gasteiger partial charge in [-0.05, 0) is 18.1 Å². The predicted octanol–water partition coefficient (Wildman–Crippen LogP) is 6.43. The topological polar surface area (TPSA) is 86.3 Å². The second-order valence-electron chi connectivity index (χ2n) is 5.48. The van der Waals surface area contributed by atoms with Crippen LogP contribution in [-0.2, 0) is 17.7 Å². The number of halogens is 7. The average Bonchev–Trinajstić information content (AvgIpc) is 2.60. The predicted molar refractivity (Wildman–Crippen MR) is 93.6 cm³/mol. The molecule has 2 aromatic rings. The van der Waals surface area contributed by atoms with E-state index < -0.39 is 44.7 Å². The number of nitro groups is 2. The zero-order valence-corrected chi connectivity index (χ0v) is 15.9. The largest absolute Gasteiger partial charge is 0.416 e. The molecule has 0 aromatic heterocycles. The van der Waals surface area contributed by atoms with E-state index in [1.165, 1.54) is 6.92 Å². The molecule has 0 amide bonds. The minimum absolute atomic E-state index is 0.000161. The van der Waals surface area contributed by atoms with Gasteiger partial charge in [0.25, 0.3) is 11.4 Å². The molecule has 13 heteroatoms. The Morgan fingerprint density at radius 1 is 0.828 bits per heavy atom. The Hall–Kier alpha value is -2.70. The molecular weight excluding hydrogens is 478 g/mol. The van der Waals surface area contributed by atoms with Crippen LogP contribution in [0.4, 0.5) is 37.7 Å². The third-order valence-corrected chi connectivity index (χ3v) is 4.10. The van der Waals surface area contributed by atoms with E-state index in [-0.39, 0.29) is 16.5 Å². The number of nitrogens with zero attached hydrogens (tertiary/aromatic N) is 2. The standard InChI is InChI=1S/C8H5BrF3NO2.C8H6F3NO2/c9-4-5-1-2-6(13(14)15)3-7(5)8(10,11)12;1-5-2-3-6(12(13)14)4-7(5)8(9,10)11/h1-3H,4H2;2-4H,1H3. The van der Waals surface area contributed by atoms with Crippen molar-refractivity contribution < 1.29 is 36.2 Å². The summed E-state index contributed by atoms with van der Waals surface area (Å²) in [6, 6.07) is 5.35. The SMILES string of the molecule is Cc1ccc([N+](=O)[O-])cc1C(F)(F)F.O=[N+]([O-])c1ccc(CBr)c(C(F)(F)F)c1. The number of rotatable bonds is 3. The summed E-state index contributed by atoms with van der Waals surface area (Å²) in [7, 11) is 0. The van der Waals surface area contributed by atoms with Crippen LogP contribution in [0, 0.1) is 27.2 Å². The summed E-state index contributed by atoms with van der Waals surface area (Å²) in [6.45, 7) is 1.26. The van der Waals surface area contributed by atoms with Crippen molar-refractivity contribution in [2.75, 3.05) is 0 Å². The van der Waals surface area contributed by atoms with Gasteiger partial charge in [0.2, 0.25) is 0 Å². The lowest BCUT2D eigenvalue weighted by atomic mass is 10.1. The number of alkyl halides is 7. The molecule has 0 saturated heterocycles. The van der Waals surface area contributed by atoms with Crippen molar-refractivity contribution in [2.45, 2.75) is 24.6 Å². The molecule has 0 saturated carbocycles. The van der Waals surface area contributed by atoms with Crippen LogP contribution >= 0.6 is 15.9 Å². The Morgan fingerprint density at radius 3 is 1.62 bits per heavy atom. The quantitative estimate of drug-likeness (QED) is 0.215. The molecule has 0 spiro atoms. The van der Waals surface area contributed by atoms with Crippen LogP contribution in [-0.4, -0.2) is 9.85 Å². The molecule has 0 fully saturated rings. The number of aryl methyl sites for hydroxylation is 1. The van der Waals surface area contributed by atoms with Crippen molar-refractivity contribution >= 4 is 27.3 Å². The van der Waals surface area contributed by atoms with Crippen LogP contribution in [0.2, 0.25) is 0 Å². The van der Waals surface area contributed by atoms with Gasteiger partial charge in [0.15, 0.2) is 0 Å². The van der Waals surface area contributed by atoms with Crippen LogP contribution in [0.1, 0.15) is 22.3 Å². The lowest BCUT2D eigenvalue weighted by molar-refractivity contribution is -0.385. The molecule has 0 N–H and O–H groups in total. The van der Waals surface area contributed by atoms with Crippen LogP contribution < -0.4 is 0 Å². The van der Waals surface area contributed by atoms with Gasteiger partial charge in [-0.2, -0.15) is 26.3 Å². The van der Waals surface area contributed by atoms with Gasteiger partial charge in [0.1, 0.15) is 0 Å². The van der Waals surface area contributed by atoms with Crippen molar-refractivity contribution in [3.8, 4) is 0 Å². The Bertz CT molecular complexity index is 915.